The summed E-state index contributed by atoms with van der Waals surface area (Å²) in [6, 6.07) is 1.85. The van der Waals surface area contributed by atoms with E-state index >= 15 is 0 Å². The van der Waals surface area contributed by atoms with Crippen LogP contribution >= 0.6 is 43.2 Å². The molecule has 1 fully saturated rings. The van der Waals surface area contributed by atoms with E-state index in [2.05, 4.69) is 42.2 Å². The zero-order valence-corrected chi connectivity index (χ0v) is 19.2. The number of aliphatic imine (C=N–C) groups is 1. The molecule has 2 rings (SSSR count). The Balaban J connectivity index is 2.45. The van der Waals surface area contributed by atoms with Crippen molar-refractivity contribution in [1.29, 1.82) is 0 Å². The van der Waals surface area contributed by atoms with Crippen molar-refractivity contribution >= 4 is 65.3 Å². The monoisotopic (exact) mass is 515 g/mol. The molecule has 2 heterocycles. The van der Waals surface area contributed by atoms with Crippen LogP contribution in [0.4, 0.5) is 4.79 Å². The first-order valence-corrected chi connectivity index (χ1v) is 11.3. The molecule has 0 unspecified atom stereocenters. The fraction of sp³-hybridized carbons (Fsp3) is 0.571. The number of carbonyl (C=O) groups is 1. The van der Waals surface area contributed by atoms with Crippen molar-refractivity contribution in [1.82, 2.24) is 9.62 Å². The fourth-order valence-corrected chi connectivity index (χ4v) is 6.80. The molecule has 1 aromatic heterocycles. The number of hydrogen-bond acceptors (Lipinski definition) is 5. The van der Waals surface area contributed by atoms with E-state index in [1.165, 1.54) is 18.4 Å². The summed E-state index contributed by atoms with van der Waals surface area (Å²) in [4.78, 5) is 16.6. The number of guanidine groups is 1. The number of nitrogens with zero attached hydrogens (tertiary/aromatic N) is 2. The lowest BCUT2D eigenvalue weighted by Crippen LogP contribution is -2.61. The zero-order chi connectivity index (χ0) is 19.2. The summed E-state index contributed by atoms with van der Waals surface area (Å²) in [5.41, 5.74) is -1.67. The van der Waals surface area contributed by atoms with Gasteiger partial charge >= 0.3 is 6.09 Å². The predicted octanol–water partition coefficient (Wildman–Crippen LogP) is 3.64. The van der Waals surface area contributed by atoms with Crippen molar-refractivity contribution in [3.05, 3.63) is 19.2 Å². The van der Waals surface area contributed by atoms with Crippen LogP contribution in [0, 0.1) is 0 Å². The minimum absolute atomic E-state index is 0.0700. The summed E-state index contributed by atoms with van der Waals surface area (Å²) in [5.74, 6) is -0.241. The third kappa shape index (κ3) is 4.75. The normalized spacial score (nSPS) is 24.9. The number of sulfonamides is 1. The van der Waals surface area contributed by atoms with Crippen molar-refractivity contribution < 1.29 is 17.9 Å². The molecule has 0 bridgehead atoms. The first-order chi connectivity index (χ1) is 11.2. The SMILES string of the molecule is CN1/C(=N/C(=O)OC(C)(C)C)N[C@](C)(c2sc(Br)cc2Br)CS1(=O)=O. The third-order valence-electron chi connectivity index (χ3n) is 3.32. The molecule has 0 radical (unpaired) electrons. The van der Waals surface area contributed by atoms with Gasteiger partial charge in [0.15, 0.2) is 0 Å². The summed E-state index contributed by atoms with van der Waals surface area (Å²) in [5, 5.41) is 3.08. The predicted molar refractivity (Wildman–Crippen MR) is 105 cm³/mol. The van der Waals surface area contributed by atoms with Crippen LogP contribution in [0.25, 0.3) is 0 Å². The molecule has 1 aliphatic rings. The third-order valence-corrected chi connectivity index (χ3v) is 8.06. The molecule has 25 heavy (non-hydrogen) atoms. The van der Waals surface area contributed by atoms with Gasteiger partial charge in [-0.3, -0.25) is 0 Å². The molecule has 1 atom stereocenters. The second-order valence-corrected chi connectivity index (χ2v) is 12.1. The van der Waals surface area contributed by atoms with Crippen LogP contribution in [-0.4, -0.2) is 43.2 Å². The first kappa shape index (κ1) is 20.7. The van der Waals surface area contributed by atoms with Crippen LogP contribution in [0.3, 0.4) is 0 Å². The van der Waals surface area contributed by atoms with E-state index in [0.717, 1.165) is 17.4 Å². The summed E-state index contributed by atoms with van der Waals surface area (Å²) in [6.45, 7) is 6.89. The van der Waals surface area contributed by atoms with Crippen LogP contribution < -0.4 is 5.32 Å². The second-order valence-electron chi connectivity index (χ2n) is 6.82. The van der Waals surface area contributed by atoms with Gasteiger partial charge < -0.3 is 10.1 Å². The van der Waals surface area contributed by atoms with Gasteiger partial charge in [-0.1, -0.05) is 0 Å². The van der Waals surface area contributed by atoms with Gasteiger partial charge in [-0.2, -0.15) is 0 Å². The van der Waals surface area contributed by atoms with Crippen molar-refractivity contribution in [2.24, 2.45) is 4.99 Å². The van der Waals surface area contributed by atoms with Gasteiger partial charge in [0.1, 0.15) is 5.60 Å². The number of carbonyl (C=O) groups excluding carboxylic acids is 1. The highest BCUT2D eigenvalue weighted by Gasteiger charge is 2.44. The van der Waals surface area contributed by atoms with E-state index in [4.69, 9.17) is 4.74 Å². The second kappa shape index (κ2) is 6.82. The van der Waals surface area contributed by atoms with Crippen LogP contribution in [0.15, 0.2) is 19.3 Å². The Kier molecular flexibility index (Phi) is 5.64. The van der Waals surface area contributed by atoms with E-state index < -0.39 is 27.3 Å². The lowest BCUT2D eigenvalue weighted by molar-refractivity contribution is 0.0602. The number of hydrogen-bond donors (Lipinski definition) is 1. The molecule has 140 valence electrons. The number of ether oxygens (including phenoxy) is 1. The zero-order valence-electron chi connectivity index (χ0n) is 14.4. The van der Waals surface area contributed by atoms with Gasteiger partial charge in [0.25, 0.3) is 0 Å². The molecule has 7 nitrogen and oxygen atoms in total. The Morgan fingerprint density at radius 1 is 1.44 bits per heavy atom. The molecular formula is C14H19Br2N3O4S2. The van der Waals surface area contributed by atoms with Crippen LogP contribution in [-0.2, 0) is 20.3 Å². The van der Waals surface area contributed by atoms with Crippen LogP contribution in [0.1, 0.15) is 32.6 Å². The molecule has 1 N–H and O–H groups in total. The van der Waals surface area contributed by atoms with Crippen molar-refractivity contribution in [2.45, 2.75) is 38.8 Å². The molecule has 1 aromatic rings. The number of nitrogens with one attached hydrogen (secondary N) is 1. The van der Waals surface area contributed by atoms with E-state index in [1.54, 1.807) is 27.7 Å². The lowest BCUT2D eigenvalue weighted by Gasteiger charge is -2.40. The van der Waals surface area contributed by atoms with Gasteiger partial charge in [0.2, 0.25) is 16.0 Å². The highest BCUT2D eigenvalue weighted by Crippen LogP contribution is 2.40. The smallest absolute Gasteiger partial charge is 0.437 e. The quantitative estimate of drug-likeness (QED) is 0.615. The highest BCUT2D eigenvalue weighted by molar-refractivity contribution is 9.11. The summed E-state index contributed by atoms with van der Waals surface area (Å²) < 4.78 is 33.0. The number of amides is 1. The van der Waals surface area contributed by atoms with E-state index in [-0.39, 0.29) is 11.7 Å². The largest absolute Gasteiger partial charge is 0.442 e. The maximum absolute atomic E-state index is 12.6. The number of thiophene rings is 1. The van der Waals surface area contributed by atoms with E-state index in [1.807, 2.05) is 6.07 Å². The highest BCUT2D eigenvalue weighted by atomic mass is 79.9. The lowest BCUT2D eigenvalue weighted by atomic mass is 10.0. The molecule has 0 saturated carbocycles. The van der Waals surface area contributed by atoms with Gasteiger partial charge in [0.05, 0.1) is 15.1 Å². The Labute approximate surface area is 168 Å². The Morgan fingerprint density at radius 2 is 2.04 bits per heavy atom. The maximum atomic E-state index is 12.6. The van der Waals surface area contributed by atoms with E-state index in [0.29, 0.717) is 0 Å². The molecular weight excluding hydrogens is 498 g/mol. The summed E-state index contributed by atoms with van der Waals surface area (Å²) in [7, 11) is -2.31. The fourth-order valence-electron chi connectivity index (χ4n) is 2.26. The van der Waals surface area contributed by atoms with Gasteiger partial charge in [0, 0.05) is 16.4 Å². The topological polar surface area (TPSA) is 88.1 Å². The summed E-state index contributed by atoms with van der Waals surface area (Å²) in [6.07, 6.45) is -0.854. The summed E-state index contributed by atoms with van der Waals surface area (Å²) >= 11 is 8.26. The maximum Gasteiger partial charge on any atom is 0.437 e. The van der Waals surface area contributed by atoms with E-state index in [9.17, 15) is 13.2 Å². The molecule has 1 saturated heterocycles. The number of rotatable bonds is 1. The molecule has 0 spiro atoms. The van der Waals surface area contributed by atoms with Crippen molar-refractivity contribution in [3.63, 3.8) is 0 Å². The van der Waals surface area contributed by atoms with Gasteiger partial charge in [-0.25, -0.2) is 17.5 Å². The van der Waals surface area contributed by atoms with Gasteiger partial charge in [-0.05, 0) is 65.6 Å². The Bertz CT molecular complexity index is 830. The van der Waals surface area contributed by atoms with Crippen molar-refractivity contribution in [3.8, 4) is 0 Å². The molecule has 1 aliphatic heterocycles. The molecule has 0 aromatic carbocycles. The van der Waals surface area contributed by atoms with Crippen LogP contribution in [0.2, 0.25) is 0 Å². The van der Waals surface area contributed by atoms with Crippen LogP contribution in [0.5, 0.6) is 0 Å². The average molecular weight is 517 g/mol. The molecule has 0 aliphatic carbocycles. The number of halogens is 2. The van der Waals surface area contributed by atoms with Crippen molar-refractivity contribution in [2.75, 3.05) is 12.8 Å². The average Bonchev–Trinajstić information content (AvgIpc) is 2.72. The standard InChI is InChI=1S/C14H19Br2N3O4S2/c1-13(2,3)23-12(20)17-11-18-14(4,7-25(21,22)19(11)5)10-8(15)6-9(16)24-10/h6H,7H2,1-5H3,(H,17,18,20)/t14-/m0/s1. The molecule has 1 amide bonds. The first-order valence-electron chi connectivity index (χ1n) is 7.25. The Hall–Kier alpha value is -0.650. The molecule has 11 heteroatoms. The van der Waals surface area contributed by atoms with Gasteiger partial charge in [-0.15, -0.1) is 16.3 Å². The minimum Gasteiger partial charge on any atom is -0.442 e. The Morgan fingerprint density at radius 3 is 2.52 bits per heavy atom. The minimum atomic E-state index is -3.66.